The first-order chi connectivity index (χ1) is 8.80. The van der Waals surface area contributed by atoms with Crippen LogP contribution >= 0.6 is 11.6 Å². The van der Waals surface area contributed by atoms with Gasteiger partial charge in [-0.3, -0.25) is 4.98 Å². The highest BCUT2D eigenvalue weighted by Gasteiger charge is 2.19. The number of halogens is 1. The molecular formula is C12H19ClN4O2. The van der Waals surface area contributed by atoms with E-state index in [9.17, 15) is 4.79 Å². The molecule has 0 aliphatic rings. The van der Waals surface area contributed by atoms with E-state index in [4.69, 9.17) is 22.1 Å². The Hall–Kier alpha value is -1.40. The number of nitrogens with one attached hydrogen (secondary N) is 1. The van der Waals surface area contributed by atoms with E-state index in [-0.39, 0.29) is 12.6 Å². The maximum absolute atomic E-state index is 11.6. The molecule has 0 aliphatic carbocycles. The number of nitrogens with two attached hydrogens (primary N) is 1. The highest BCUT2D eigenvalue weighted by atomic mass is 35.5. The topological polar surface area (TPSA) is 90.1 Å². The quantitative estimate of drug-likeness (QED) is 0.876. The number of nitrogens with zero attached hydrogens (tertiary/aromatic N) is 2. The van der Waals surface area contributed by atoms with E-state index in [1.165, 1.54) is 6.20 Å². The molecule has 6 nitrogen and oxygen atoms in total. The molecule has 19 heavy (non-hydrogen) atoms. The van der Waals surface area contributed by atoms with Gasteiger partial charge in [-0.15, -0.1) is 0 Å². The number of alkyl carbamates (subject to hydrolysis) is 1. The van der Waals surface area contributed by atoms with E-state index < -0.39 is 11.7 Å². The maximum atomic E-state index is 11.6. The molecule has 0 aromatic carbocycles. The van der Waals surface area contributed by atoms with Gasteiger partial charge in [-0.1, -0.05) is 11.6 Å². The van der Waals surface area contributed by atoms with Gasteiger partial charge in [0.1, 0.15) is 10.8 Å². The first kappa shape index (κ1) is 15.7. The van der Waals surface area contributed by atoms with Gasteiger partial charge in [0.2, 0.25) is 0 Å². The number of rotatable bonds is 4. The standard InChI is InChI=1S/C12H19ClN4O2/c1-12(2,3)19-11(18)17-8(5-14)4-9-6-15-7-10(13)16-9/h6-8H,4-5,14H2,1-3H3,(H,17,18). The van der Waals surface area contributed by atoms with Gasteiger partial charge >= 0.3 is 6.09 Å². The molecular weight excluding hydrogens is 268 g/mol. The Morgan fingerprint density at radius 3 is 2.74 bits per heavy atom. The van der Waals surface area contributed by atoms with Crippen LogP contribution in [0.25, 0.3) is 0 Å². The fraction of sp³-hybridized carbons (Fsp3) is 0.583. The zero-order valence-electron chi connectivity index (χ0n) is 11.3. The number of ether oxygens (including phenoxy) is 1. The van der Waals surface area contributed by atoms with Gasteiger partial charge in [-0.25, -0.2) is 9.78 Å². The van der Waals surface area contributed by atoms with Crippen LogP contribution in [0.2, 0.25) is 5.15 Å². The summed E-state index contributed by atoms with van der Waals surface area (Å²) in [6.07, 6.45) is 2.98. The number of hydrogen-bond acceptors (Lipinski definition) is 5. The maximum Gasteiger partial charge on any atom is 0.407 e. The lowest BCUT2D eigenvalue weighted by molar-refractivity contribution is 0.0505. The van der Waals surface area contributed by atoms with Crippen molar-refractivity contribution < 1.29 is 9.53 Å². The molecule has 1 heterocycles. The summed E-state index contributed by atoms with van der Waals surface area (Å²) in [6.45, 7) is 5.67. The van der Waals surface area contributed by atoms with E-state index in [1.807, 2.05) is 0 Å². The minimum Gasteiger partial charge on any atom is -0.444 e. The zero-order chi connectivity index (χ0) is 14.5. The third kappa shape index (κ3) is 6.35. The molecule has 1 aromatic rings. The monoisotopic (exact) mass is 286 g/mol. The summed E-state index contributed by atoms with van der Waals surface area (Å²) in [5.41, 5.74) is 5.74. The number of carbonyl (C=O) groups excluding carboxylic acids is 1. The van der Waals surface area contributed by atoms with Crippen molar-refractivity contribution in [1.82, 2.24) is 15.3 Å². The Kier molecular flexibility index (Phi) is 5.50. The Balaban J connectivity index is 2.57. The summed E-state index contributed by atoms with van der Waals surface area (Å²) in [5, 5.41) is 3.00. The molecule has 106 valence electrons. The summed E-state index contributed by atoms with van der Waals surface area (Å²) in [7, 11) is 0. The average Bonchev–Trinajstić information content (AvgIpc) is 2.25. The van der Waals surface area contributed by atoms with Crippen molar-refractivity contribution in [1.29, 1.82) is 0 Å². The summed E-state index contributed by atoms with van der Waals surface area (Å²) in [4.78, 5) is 19.7. The van der Waals surface area contributed by atoms with E-state index in [1.54, 1.807) is 27.0 Å². The molecule has 3 N–H and O–H groups in total. The van der Waals surface area contributed by atoms with Crippen molar-refractivity contribution in [2.75, 3.05) is 6.54 Å². The second-order valence-corrected chi connectivity index (χ2v) is 5.50. The Morgan fingerprint density at radius 1 is 1.53 bits per heavy atom. The first-order valence-corrected chi connectivity index (χ1v) is 6.34. The molecule has 0 fully saturated rings. The van der Waals surface area contributed by atoms with Gasteiger partial charge in [0.25, 0.3) is 0 Å². The molecule has 1 amide bonds. The van der Waals surface area contributed by atoms with E-state index in [0.29, 0.717) is 17.3 Å². The summed E-state index contributed by atoms with van der Waals surface area (Å²) in [5.74, 6) is 0. The average molecular weight is 287 g/mol. The van der Waals surface area contributed by atoms with Crippen LogP contribution in [-0.4, -0.2) is 34.2 Å². The van der Waals surface area contributed by atoms with Gasteiger partial charge in [0.05, 0.1) is 11.9 Å². The fourth-order valence-corrected chi connectivity index (χ4v) is 1.56. The van der Waals surface area contributed by atoms with Crippen LogP contribution in [0.3, 0.4) is 0 Å². The van der Waals surface area contributed by atoms with E-state index in [0.717, 1.165) is 0 Å². The van der Waals surface area contributed by atoms with Crippen LogP contribution in [0.4, 0.5) is 4.79 Å². The molecule has 7 heteroatoms. The van der Waals surface area contributed by atoms with Crippen molar-refractivity contribution >= 4 is 17.7 Å². The van der Waals surface area contributed by atoms with Crippen LogP contribution < -0.4 is 11.1 Å². The van der Waals surface area contributed by atoms with Crippen molar-refractivity contribution in [3.05, 3.63) is 23.2 Å². The van der Waals surface area contributed by atoms with Gasteiger partial charge in [0, 0.05) is 25.2 Å². The third-order valence-electron chi connectivity index (χ3n) is 2.12. The fourth-order valence-electron chi connectivity index (χ4n) is 1.40. The van der Waals surface area contributed by atoms with Gasteiger partial charge in [0.15, 0.2) is 0 Å². The minimum atomic E-state index is -0.543. The normalized spacial score (nSPS) is 12.9. The smallest absolute Gasteiger partial charge is 0.407 e. The second-order valence-electron chi connectivity index (χ2n) is 5.12. The highest BCUT2D eigenvalue weighted by Crippen LogP contribution is 2.08. The predicted octanol–water partition coefficient (Wildman–Crippen LogP) is 1.52. The van der Waals surface area contributed by atoms with Gasteiger partial charge < -0.3 is 15.8 Å². The van der Waals surface area contributed by atoms with Gasteiger partial charge in [-0.2, -0.15) is 0 Å². The van der Waals surface area contributed by atoms with E-state index in [2.05, 4.69) is 15.3 Å². The molecule has 0 saturated carbocycles. The SMILES string of the molecule is CC(C)(C)OC(=O)NC(CN)Cc1cncc(Cl)n1. The number of hydrogen-bond donors (Lipinski definition) is 2. The Labute approximate surface area is 117 Å². The lowest BCUT2D eigenvalue weighted by atomic mass is 10.1. The molecule has 1 atom stereocenters. The first-order valence-electron chi connectivity index (χ1n) is 5.96. The zero-order valence-corrected chi connectivity index (χ0v) is 12.1. The van der Waals surface area contributed by atoms with Crippen LogP contribution in [0.5, 0.6) is 0 Å². The molecule has 0 radical (unpaired) electrons. The third-order valence-corrected chi connectivity index (χ3v) is 2.30. The molecule has 1 unspecified atom stereocenters. The molecule has 1 aromatic heterocycles. The van der Waals surface area contributed by atoms with Crippen LogP contribution in [0.1, 0.15) is 26.5 Å². The lowest BCUT2D eigenvalue weighted by Crippen LogP contribution is -2.44. The molecule has 0 spiro atoms. The summed E-state index contributed by atoms with van der Waals surface area (Å²) < 4.78 is 5.16. The van der Waals surface area contributed by atoms with Crippen molar-refractivity contribution in [3.63, 3.8) is 0 Å². The predicted molar refractivity (Wildman–Crippen MR) is 73.0 cm³/mol. The van der Waals surface area contributed by atoms with Crippen LogP contribution in [0.15, 0.2) is 12.4 Å². The van der Waals surface area contributed by atoms with Gasteiger partial charge in [-0.05, 0) is 20.8 Å². The number of aromatic nitrogens is 2. The molecule has 0 saturated heterocycles. The van der Waals surface area contributed by atoms with Crippen molar-refractivity contribution in [2.45, 2.75) is 38.8 Å². The summed E-state index contributed by atoms with van der Waals surface area (Å²) >= 11 is 5.75. The Bertz CT molecular complexity index is 434. The van der Waals surface area contributed by atoms with Crippen molar-refractivity contribution in [3.8, 4) is 0 Å². The second kappa shape index (κ2) is 6.68. The highest BCUT2D eigenvalue weighted by molar-refractivity contribution is 6.29. The van der Waals surface area contributed by atoms with E-state index >= 15 is 0 Å². The minimum absolute atomic E-state index is 0.271. The van der Waals surface area contributed by atoms with Crippen LogP contribution in [-0.2, 0) is 11.2 Å². The Morgan fingerprint density at radius 2 is 2.21 bits per heavy atom. The van der Waals surface area contributed by atoms with Crippen molar-refractivity contribution in [2.24, 2.45) is 5.73 Å². The summed E-state index contributed by atoms with van der Waals surface area (Å²) in [6, 6.07) is -0.275. The van der Waals surface area contributed by atoms with Crippen LogP contribution in [0, 0.1) is 0 Å². The number of carbonyl (C=O) groups is 1. The molecule has 0 bridgehead atoms. The molecule has 0 aliphatic heterocycles. The largest absolute Gasteiger partial charge is 0.444 e. The number of amides is 1. The molecule has 1 rings (SSSR count). The lowest BCUT2D eigenvalue weighted by Gasteiger charge is -2.22.